The molecular weight excluding hydrogens is 211 g/mol. The highest BCUT2D eigenvalue weighted by atomic mass is 35.5. The molecule has 0 N–H and O–H groups in total. The van der Waals surface area contributed by atoms with Crippen LogP contribution in [0.15, 0.2) is 18.2 Å². The van der Waals surface area contributed by atoms with Gasteiger partial charge in [0.05, 0.1) is 12.2 Å². The minimum Gasteiger partial charge on any atom is -0.493 e. The van der Waals surface area contributed by atoms with Crippen LogP contribution in [0.1, 0.15) is 17.3 Å². The smallest absolute Gasteiger partial charge is 0.256 e. The molecule has 0 fully saturated rings. The molecular formula is C9H8Cl2O2. The van der Waals surface area contributed by atoms with E-state index >= 15 is 0 Å². The van der Waals surface area contributed by atoms with E-state index in [0.717, 1.165) is 0 Å². The summed E-state index contributed by atoms with van der Waals surface area (Å²) < 4.78 is 5.19. The van der Waals surface area contributed by atoms with Gasteiger partial charge in [-0.2, -0.15) is 0 Å². The van der Waals surface area contributed by atoms with Gasteiger partial charge in [0.2, 0.25) is 0 Å². The van der Waals surface area contributed by atoms with Crippen LogP contribution in [0.3, 0.4) is 0 Å². The summed E-state index contributed by atoms with van der Waals surface area (Å²) in [5.41, 5.74) is 0.302. The van der Waals surface area contributed by atoms with Crippen LogP contribution < -0.4 is 4.74 Å². The fourth-order valence-electron chi connectivity index (χ4n) is 0.937. The monoisotopic (exact) mass is 218 g/mol. The standard InChI is InChI=1S/C9H8Cl2O2/c1-2-13-8-4-3-6(10)5-7(8)9(11)12/h3-5H,2H2,1H3. The summed E-state index contributed by atoms with van der Waals surface area (Å²) in [5.74, 6) is 0.465. The van der Waals surface area contributed by atoms with E-state index in [0.29, 0.717) is 22.9 Å². The minimum atomic E-state index is -0.564. The molecule has 0 aliphatic carbocycles. The van der Waals surface area contributed by atoms with Crippen molar-refractivity contribution in [1.29, 1.82) is 0 Å². The molecule has 0 saturated carbocycles. The summed E-state index contributed by atoms with van der Waals surface area (Å²) in [5, 5.41) is -0.0987. The lowest BCUT2D eigenvalue weighted by atomic mass is 10.2. The van der Waals surface area contributed by atoms with E-state index in [1.54, 1.807) is 12.1 Å². The van der Waals surface area contributed by atoms with Crippen LogP contribution in [-0.2, 0) is 0 Å². The van der Waals surface area contributed by atoms with Gasteiger partial charge in [0.25, 0.3) is 5.24 Å². The van der Waals surface area contributed by atoms with Gasteiger partial charge in [-0.25, -0.2) is 0 Å². The van der Waals surface area contributed by atoms with E-state index in [1.807, 2.05) is 6.92 Å². The van der Waals surface area contributed by atoms with Gasteiger partial charge in [-0.15, -0.1) is 0 Å². The first-order valence-electron chi connectivity index (χ1n) is 3.77. The molecule has 0 unspecified atom stereocenters. The van der Waals surface area contributed by atoms with Crippen LogP contribution in [0.4, 0.5) is 0 Å². The van der Waals surface area contributed by atoms with Crippen LogP contribution in [0, 0.1) is 0 Å². The predicted octanol–water partition coefficient (Wildman–Crippen LogP) is 3.12. The highest BCUT2D eigenvalue weighted by Crippen LogP contribution is 2.24. The number of halogens is 2. The van der Waals surface area contributed by atoms with Crippen LogP contribution in [0.25, 0.3) is 0 Å². The van der Waals surface area contributed by atoms with Crippen LogP contribution in [-0.4, -0.2) is 11.8 Å². The van der Waals surface area contributed by atoms with Gasteiger partial charge in [-0.1, -0.05) is 11.6 Å². The normalized spacial score (nSPS) is 9.77. The highest BCUT2D eigenvalue weighted by Gasteiger charge is 2.10. The molecule has 0 radical (unpaired) electrons. The summed E-state index contributed by atoms with van der Waals surface area (Å²) in [6.45, 7) is 2.32. The molecule has 2 nitrogen and oxygen atoms in total. The van der Waals surface area contributed by atoms with Gasteiger partial charge in [0, 0.05) is 5.02 Å². The first-order chi connectivity index (χ1) is 6.15. The zero-order valence-electron chi connectivity index (χ0n) is 7.01. The fourth-order valence-corrected chi connectivity index (χ4v) is 1.26. The first-order valence-corrected chi connectivity index (χ1v) is 4.53. The lowest BCUT2D eigenvalue weighted by Gasteiger charge is -2.06. The number of hydrogen-bond donors (Lipinski definition) is 0. The van der Waals surface area contributed by atoms with E-state index in [2.05, 4.69) is 0 Å². The SMILES string of the molecule is CCOc1ccc(Cl)cc1C(=O)Cl. The van der Waals surface area contributed by atoms with Crippen molar-refractivity contribution in [2.24, 2.45) is 0 Å². The summed E-state index contributed by atoms with van der Waals surface area (Å²) in [6.07, 6.45) is 0. The second kappa shape index (κ2) is 4.49. The predicted molar refractivity (Wildman–Crippen MR) is 52.8 cm³/mol. The topological polar surface area (TPSA) is 26.3 Å². The summed E-state index contributed by atoms with van der Waals surface area (Å²) in [7, 11) is 0. The lowest BCUT2D eigenvalue weighted by molar-refractivity contribution is 0.107. The van der Waals surface area contributed by atoms with Crippen molar-refractivity contribution >= 4 is 28.4 Å². The van der Waals surface area contributed by atoms with Crippen molar-refractivity contribution in [2.45, 2.75) is 6.92 Å². The van der Waals surface area contributed by atoms with Crippen LogP contribution >= 0.6 is 23.2 Å². The molecule has 0 atom stereocenters. The van der Waals surface area contributed by atoms with Crippen molar-refractivity contribution in [1.82, 2.24) is 0 Å². The van der Waals surface area contributed by atoms with Gasteiger partial charge in [0.15, 0.2) is 0 Å². The Morgan fingerprint density at radius 2 is 2.23 bits per heavy atom. The Morgan fingerprint density at radius 3 is 2.77 bits per heavy atom. The Morgan fingerprint density at radius 1 is 1.54 bits per heavy atom. The Bertz CT molecular complexity index is 323. The van der Waals surface area contributed by atoms with E-state index in [4.69, 9.17) is 27.9 Å². The van der Waals surface area contributed by atoms with Crippen LogP contribution in [0.5, 0.6) is 5.75 Å². The maximum atomic E-state index is 10.9. The van der Waals surface area contributed by atoms with Crippen molar-refractivity contribution in [3.05, 3.63) is 28.8 Å². The Kier molecular flexibility index (Phi) is 3.58. The van der Waals surface area contributed by atoms with Crippen molar-refractivity contribution in [3.63, 3.8) is 0 Å². The van der Waals surface area contributed by atoms with E-state index in [1.165, 1.54) is 6.07 Å². The number of ether oxygens (including phenoxy) is 1. The number of carbonyl (C=O) groups is 1. The third-order valence-corrected chi connectivity index (χ3v) is 1.89. The number of benzene rings is 1. The molecule has 0 aromatic heterocycles. The molecule has 1 aromatic carbocycles. The van der Waals surface area contributed by atoms with Gasteiger partial charge in [0.1, 0.15) is 5.75 Å². The Labute approximate surface area is 86.4 Å². The molecule has 70 valence electrons. The quantitative estimate of drug-likeness (QED) is 0.730. The molecule has 0 amide bonds. The zero-order valence-corrected chi connectivity index (χ0v) is 8.52. The lowest BCUT2D eigenvalue weighted by Crippen LogP contribution is -1.98. The van der Waals surface area contributed by atoms with Crippen molar-refractivity contribution in [3.8, 4) is 5.75 Å². The minimum absolute atomic E-state index is 0.302. The summed E-state index contributed by atoms with van der Waals surface area (Å²) in [4.78, 5) is 10.9. The molecule has 0 saturated heterocycles. The molecule has 1 aromatic rings. The largest absolute Gasteiger partial charge is 0.493 e. The first kappa shape index (κ1) is 10.4. The number of hydrogen-bond acceptors (Lipinski definition) is 2. The van der Waals surface area contributed by atoms with Gasteiger partial charge >= 0.3 is 0 Å². The Hall–Kier alpha value is -0.730. The van der Waals surface area contributed by atoms with Gasteiger partial charge in [-0.3, -0.25) is 4.79 Å². The fraction of sp³-hybridized carbons (Fsp3) is 0.222. The highest BCUT2D eigenvalue weighted by molar-refractivity contribution is 6.68. The zero-order chi connectivity index (χ0) is 9.84. The second-order valence-electron chi connectivity index (χ2n) is 2.35. The Balaban J connectivity index is 3.10. The maximum Gasteiger partial charge on any atom is 0.256 e. The average molecular weight is 219 g/mol. The van der Waals surface area contributed by atoms with E-state index in [9.17, 15) is 4.79 Å². The second-order valence-corrected chi connectivity index (χ2v) is 3.13. The molecule has 0 aliphatic rings. The van der Waals surface area contributed by atoms with Crippen molar-refractivity contribution < 1.29 is 9.53 Å². The molecule has 1 rings (SSSR count). The van der Waals surface area contributed by atoms with E-state index < -0.39 is 5.24 Å². The molecule has 0 aliphatic heterocycles. The molecule has 13 heavy (non-hydrogen) atoms. The molecule has 0 spiro atoms. The van der Waals surface area contributed by atoms with E-state index in [-0.39, 0.29) is 0 Å². The number of carbonyl (C=O) groups excluding carboxylic acids is 1. The number of rotatable bonds is 3. The third-order valence-electron chi connectivity index (χ3n) is 1.45. The van der Waals surface area contributed by atoms with Gasteiger partial charge < -0.3 is 4.74 Å². The molecule has 4 heteroatoms. The molecule has 0 bridgehead atoms. The summed E-state index contributed by atoms with van der Waals surface area (Å²) >= 11 is 11.0. The molecule has 0 heterocycles. The summed E-state index contributed by atoms with van der Waals surface area (Å²) in [6, 6.07) is 4.76. The van der Waals surface area contributed by atoms with Crippen LogP contribution in [0.2, 0.25) is 5.02 Å². The third kappa shape index (κ3) is 2.61. The van der Waals surface area contributed by atoms with Gasteiger partial charge in [-0.05, 0) is 36.7 Å². The maximum absolute atomic E-state index is 10.9. The van der Waals surface area contributed by atoms with Crippen molar-refractivity contribution in [2.75, 3.05) is 6.61 Å². The average Bonchev–Trinajstić information content (AvgIpc) is 2.08.